The maximum atomic E-state index is 12.5. The summed E-state index contributed by atoms with van der Waals surface area (Å²) in [6.07, 6.45) is 4.90. The molecule has 1 amide bonds. The minimum absolute atomic E-state index is 0.156. The fraction of sp³-hybridized carbons (Fsp3) is 0.929. The molecule has 108 valence electrons. The monoisotopic (exact) mass is 267 g/mol. The molecule has 5 heteroatoms. The number of nitrogens with zero attached hydrogens (tertiary/aromatic N) is 1. The highest BCUT2D eigenvalue weighted by molar-refractivity contribution is 5.79. The summed E-state index contributed by atoms with van der Waals surface area (Å²) in [6.45, 7) is 2.57. The Morgan fingerprint density at radius 2 is 2.05 bits per heavy atom. The molecule has 5 nitrogen and oxygen atoms in total. The van der Waals surface area contributed by atoms with Crippen LogP contribution in [-0.2, 0) is 4.79 Å². The molecule has 0 aromatic heterocycles. The van der Waals surface area contributed by atoms with E-state index in [0.29, 0.717) is 24.5 Å². The van der Waals surface area contributed by atoms with Crippen molar-refractivity contribution >= 4 is 5.91 Å². The van der Waals surface area contributed by atoms with Gasteiger partial charge in [-0.25, -0.2) is 0 Å². The van der Waals surface area contributed by atoms with E-state index in [1.165, 1.54) is 0 Å². The maximum Gasteiger partial charge on any atom is 0.225 e. The van der Waals surface area contributed by atoms with Crippen molar-refractivity contribution in [3.8, 4) is 0 Å². The second-order valence-corrected chi connectivity index (χ2v) is 6.59. The summed E-state index contributed by atoms with van der Waals surface area (Å²) in [5, 5.41) is 12.9. The van der Waals surface area contributed by atoms with Crippen LogP contribution < -0.4 is 11.1 Å². The number of β-amino-alcohol motifs (C(OH)–C–C–N with tert-alkyl or cyclic N) is 1. The van der Waals surface area contributed by atoms with Crippen LogP contribution in [0.15, 0.2) is 0 Å². The van der Waals surface area contributed by atoms with Gasteiger partial charge in [0.1, 0.15) is 0 Å². The first kappa shape index (κ1) is 13.3. The second kappa shape index (κ2) is 5.04. The van der Waals surface area contributed by atoms with Gasteiger partial charge < -0.3 is 21.1 Å². The average Bonchev–Trinajstić information content (AvgIpc) is 3.08. The van der Waals surface area contributed by atoms with Crippen LogP contribution in [0.1, 0.15) is 32.1 Å². The zero-order valence-corrected chi connectivity index (χ0v) is 11.5. The predicted octanol–water partition coefficient (Wildman–Crippen LogP) is -0.313. The lowest BCUT2D eigenvalue weighted by Crippen LogP contribution is -2.42. The SMILES string of the molecule is NC1CC12CCC(C(=O)N1CCNCC(O)C1)CC2. The van der Waals surface area contributed by atoms with E-state index >= 15 is 0 Å². The zero-order chi connectivity index (χ0) is 13.5. The minimum atomic E-state index is -0.432. The molecule has 19 heavy (non-hydrogen) atoms. The largest absolute Gasteiger partial charge is 0.390 e. The number of nitrogens with two attached hydrogens (primary N) is 1. The molecule has 0 radical (unpaired) electrons. The van der Waals surface area contributed by atoms with Crippen LogP contribution in [0, 0.1) is 11.3 Å². The van der Waals surface area contributed by atoms with Gasteiger partial charge in [-0.1, -0.05) is 0 Å². The van der Waals surface area contributed by atoms with E-state index in [9.17, 15) is 9.90 Å². The highest BCUT2D eigenvalue weighted by atomic mass is 16.3. The van der Waals surface area contributed by atoms with Crippen molar-refractivity contribution in [3.63, 3.8) is 0 Å². The van der Waals surface area contributed by atoms with Gasteiger partial charge in [0.15, 0.2) is 0 Å². The van der Waals surface area contributed by atoms with Crippen LogP contribution in [0.2, 0.25) is 0 Å². The Bertz CT molecular complexity index is 353. The van der Waals surface area contributed by atoms with Crippen molar-refractivity contribution in [2.45, 2.75) is 44.2 Å². The number of rotatable bonds is 1. The zero-order valence-electron chi connectivity index (χ0n) is 11.5. The molecule has 0 bridgehead atoms. The highest BCUT2D eigenvalue weighted by Crippen LogP contribution is 2.56. The molecule has 0 aromatic carbocycles. The molecule has 2 atom stereocenters. The van der Waals surface area contributed by atoms with Crippen molar-refractivity contribution in [1.29, 1.82) is 0 Å². The summed E-state index contributed by atoms with van der Waals surface area (Å²) in [5.41, 5.74) is 6.38. The molecule has 4 N–H and O–H groups in total. The van der Waals surface area contributed by atoms with Gasteiger partial charge in [-0.3, -0.25) is 4.79 Å². The van der Waals surface area contributed by atoms with Crippen LogP contribution in [0.4, 0.5) is 0 Å². The third-order valence-corrected chi connectivity index (χ3v) is 5.26. The van der Waals surface area contributed by atoms with Gasteiger partial charge in [0.25, 0.3) is 0 Å². The molecule has 2 unspecified atom stereocenters. The van der Waals surface area contributed by atoms with Gasteiger partial charge >= 0.3 is 0 Å². The van der Waals surface area contributed by atoms with E-state index in [1.54, 1.807) is 0 Å². The number of carbonyl (C=O) groups is 1. The Hall–Kier alpha value is -0.650. The number of aliphatic hydroxyl groups excluding tert-OH is 1. The number of amides is 1. The van der Waals surface area contributed by atoms with Crippen LogP contribution in [0.3, 0.4) is 0 Å². The van der Waals surface area contributed by atoms with Crippen molar-refractivity contribution < 1.29 is 9.90 Å². The molecule has 3 aliphatic rings. The first-order valence-electron chi connectivity index (χ1n) is 7.54. The first-order valence-corrected chi connectivity index (χ1v) is 7.54. The van der Waals surface area contributed by atoms with Crippen molar-refractivity contribution in [2.75, 3.05) is 26.2 Å². The van der Waals surface area contributed by atoms with E-state index < -0.39 is 6.10 Å². The molecule has 2 saturated carbocycles. The quantitative estimate of drug-likeness (QED) is 0.609. The number of aliphatic hydroxyl groups is 1. The Morgan fingerprint density at radius 1 is 1.37 bits per heavy atom. The van der Waals surface area contributed by atoms with Gasteiger partial charge in [0, 0.05) is 38.1 Å². The summed E-state index contributed by atoms with van der Waals surface area (Å²) >= 11 is 0. The van der Waals surface area contributed by atoms with E-state index in [2.05, 4.69) is 5.32 Å². The van der Waals surface area contributed by atoms with E-state index in [-0.39, 0.29) is 11.8 Å². The Morgan fingerprint density at radius 3 is 2.68 bits per heavy atom. The van der Waals surface area contributed by atoms with Gasteiger partial charge in [-0.05, 0) is 37.5 Å². The van der Waals surface area contributed by atoms with Crippen LogP contribution in [-0.4, -0.2) is 54.2 Å². The Kier molecular flexibility index (Phi) is 3.53. The lowest BCUT2D eigenvalue weighted by molar-refractivity contribution is -0.137. The summed E-state index contributed by atoms with van der Waals surface area (Å²) in [7, 11) is 0. The van der Waals surface area contributed by atoms with Crippen LogP contribution in [0.25, 0.3) is 0 Å². The lowest BCUT2D eigenvalue weighted by atomic mass is 9.78. The molecule has 1 saturated heterocycles. The molecule has 1 aliphatic heterocycles. The van der Waals surface area contributed by atoms with Gasteiger partial charge in [-0.15, -0.1) is 0 Å². The Labute approximate surface area is 114 Å². The average molecular weight is 267 g/mol. The molecule has 3 fully saturated rings. The molecule has 1 spiro atoms. The number of hydrogen-bond donors (Lipinski definition) is 3. The second-order valence-electron chi connectivity index (χ2n) is 6.59. The number of hydrogen-bond acceptors (Lipinski definition) is 4. The van der Waals surface area contributed by atoms with Crippen molar-refractivity contribution in [3.05, 3.63) is 0 Å². The Balaban J connectivity index is 1.55. The van der Waals surface area contributed by atoms with Gasteiger partial charge in [0.2, 0.25) is 5.91 Å². The summed E-state index contributed by atoms with van der Waals surface area (Å²) < 4.78 is 0. The van der Waals surface area contributed by atoms with Crippen LogP contribution >= 0.6 is 0 Å². The van der Waals surface area contributed by atoms with Crippen molar-refractivity contribution in [1.82, 2.24) is 10.2 Å². The molecular weight excluding hydrogens is 242 g/mol. The third-order valence-electron chi connectivity index (χ3n) is 5.26. The third kappa shape index (κ3) is 2.64. The molecule has 3 rings (SSSR count). The standard InChI is InChI=1S/C14H25N3O2/c15-12-7-14(12)3-1-10(2-4-14)13(19)17-6-5-16-8-11(18)9-17/h10-12,16,18H,1-9,15H2. The van der Waals surface area contributed by atoms with E-state index in [4.69, 9.17) is 5.73 Å². The summed E-state index contributed by atoms with van der Waals surface area (Å²) in [4.78, 5) is 14.4. The number of nitrogens with one attached hydrogen (secondary N) is 1. The van der Waals surface area contributed by atoms with Gasteiger partial charge in [0.05, 0.1) is 6.10 Å². The fourth-order valence-electron chi connectivity index (χ4n) is 3.74. The molecule has 0 aromatic rings. The van der Waals surface area contributed by atoms with E-state index in [0.717, 1.165) is 45.2 Å². The molecular formula is C14H25N3O2. The normalized spacial score (nSPS) is 43.1. The molecule has 2 aliphatic carbocycles. The fourth-order valence-corrected chi connectivity index (χ4v) is 3.74. The van der Waals surface area contributed by atoms with Crippen molar-refractivity contribution in [2.24, 2.45) is 17.1 Å². The lowest BCUT2D eigenvalue weighted by Gasteiger charge is -2.32. The summed E-state index contributed by atoms with van der Waals surface area (Å²) in [5.74, 6) is 0.399. The minimum Gasteiger partial charge on any atom is -0.390 e. The molecule has 1 heterocycles. The highest BCUT2D eigenvalue weighted by Gasteiger charge is 2.53. The van der Waals surface area contributed by atoms with E-state index in [1.807, 2.05) is 4.90 Å². The smallest absolute Gasteiger partial charge is 0.225 e. The number of carbonyl (C=O) groups excluding carboxylic acids is 1. The van der Waals surface area contributed by atoms with Crippen LogP contribution in [0.5, 0.6) is 0 Å². The summed E-state index contributed by atoms with van der Waals surface area (Å²) in [6, 6.07) is 0.382. The maximum absolute atomic E-state index is 12.5. The topological polar surface area (TPSA) is 78.6 Å². The predicted molar refractivity (Wildman–Crippen MR) is 72.4 cm³/mol. The van der Waals surface area contributed by atoms with Gasteiger partial charge in [-0.2, -0.15) is 0 Å². The first-order chi connectivity index (χ1) is 9.11.